The summed E-state index contributed by atoms with van der Waals surface area (Å²) in [4.78, 5) is 11.0. The van der Waals surface area contributed by atoms with Gasteiger partial charge in [-0.3, -0.25) is 9.48 Å². The van der Waals surface area contributed by atoms with Crippen LogP contribution in [-0.2, 0) is 32.6 Å². The second-order valence-corrected chi connectivity index (χ2v) is 9.49. The molecule has 1 heterocycles. The lowest BCUT2D eigenvalue weighted by molar-refractivity contribution is -0.144. The molecule has 11 heteroatoms. The third kappa shape index (κ3) is 3.29. The molecule has 0 saturated heterocycles. The Kier molecular flexibility index (Phi) is 5.48. The molecule has 1 N–H and O–H groups in total. The summed E-state index contributed by atoms with van der Waals surface area (Å²) >= 11 is 0. The molecule has 0 radical (unpaired) electrons. The first kappa shape index (κ1) is 22.3. The number of aliphatic carboxylic acids is 1. The Balaban J connectivity index is 2.27. The summed E-state index contributed by atoms with van der Waals surface area (Å²) in [5.41, 5.74) is -0.355. The minimum atomic E-state index is -5.02. The number of halogens is 3. The SMILES string of the molecule is COC1CCCC1(C(=O)O)S(=O)(=O)c1ccc(-c2cc(C)nn2C)cc1C(F)(F)F. The Morgan fingerprint density at radius 1 is 1.33 bits per heavy atom. The van der Waals surface area contributed by atoms with Crippen molar-refractivity contribution >= 4 is 15.8 Å². The number of hydrogen-bond acceptors (Lipinski definition) is 5. The Hall–Kier alpha value is -2.40. The second-order valence-electron chi connectivity index (χ2n) is 7.32. The number of alkyl halides is 3. The molecule has 1 aromatic heterocycles. The van der Waals surface area contributed by atoms with E-state index < -0.39 is 43.3 Å². The van der Waals surface area contributed by atoms with Crippen LogP contribution in [0.15, 0.2) is 29.2 Å². The van der Waals surface area contributed by atoms with Crippen LogP contribution >= 0.6 is 0 Å². The molecule has 3 rings (SSSR count). The first-order valence-corrected chi connectivity index (χ1v) is 10.6. The van der Waals surface area contributed by atoms with Crippen LogP contribution in [0.2, 0.25) is 0 Å². The van der Waals surface area contributed by atoms with Crippen LogP contribution in [0.25, 0.3) is 11.3 Å². The minimum absolute atomic E-state index is 0.114. The highest BCUT2D eigenvalue weighted by atomic mass is 32.2. The van der Waals surface area contributed by atoms with Gasteiger partial charge in [0.1, 0.15) is 0 Å². The maximum atomic E-state index is 13.9. The summed E-state index contributed by atoms with van der Waals surface area (Å²) in [6, 6.07) is 4.34. The number of methoxy groups -OCH3 is 1. The van der Waals surface area contributed by atoms with Crippen LogP contribution < -0.4 is 0 Å². The van der Waals surface area contributed by atoms with Crippen molar-refractivity contribution in [2.24, 2.45) is 7.05 Å². The van der Waals surface area contributed by atoms with Crippen LogP contribution in [0, 0.1) is 6.92 Å². The molecule has 2 unspecified atom stereocenters. The number of carboxylic acids is 1. The van der Waals surface area contributed by atoms with Gasteiger partial charge in [-0.15, -0.1) is 0 Å². The van der Waals surface area contributed by atoms with Gasteiger partial charge in [0.05, 0.1) is 28.0 Å². The molecule has 1 saturated carbocycles. The van der Waals surface area contributed by atoms with Gasteiger partial charge in [-0.25, -0.2) is 8.42 Å². The maximum Gasteiger partial charge on any atom is 0.417 e. The molecule has 1 aliphatic rings. The first-order valence-electron chi connectivity index (χ1n) is 9.09. The lowest BCUT2D eigenvalue weighted by Crippen LogP contribution is -2.53. The Morgan fingerprint density at radius 2 is 2.00 bits per heavy atom. The maximum absolute atomic E-state index is 13.9. The largest absolute Gasteiger partial charge is 0.480 e. The minimum Gasteiger partial charge on any atom is -0.480 e. The highest BCUT2D eigenvalue weighted by molar-refractivity contribution is 7.93. The molecular formula is C19H21F3N2O5S. The zero-order valence-electron chi connectivity index (χ0n) is 16.5. The highest BCUT2D eigenvalue weighted by Gasteiger charge is 2.61. The van der Waals surface area contributed by atoms with Gasteiger partial charge < -0.3 is 9.84 Å². The zero-order valence-corrected chi connectivity index (χ0v) is 17.3. The van der Waals surface area contributed by atoms with Gasteiger partial charge >= 0.3 is 12.1 Å². The molecule has 0 spiro atoms. The average Bonchev–Trinajstić information content (AvgIpc) is 3.24. The number of aryl methyl sites for hydroxylation is 2. The Labute approximate surface area is 171 Å². The lowest BCUT2D eigenvalue weighted by Gasteiger charge is -2.31. The fraction of sp³-hybridized carbons (Fsp3) is 0.474. The van der Waals surface area contributed by atoms with E-state index >= 15 is 0 Å². The Bertz CT molecular complexity index is 1090. The number of ether oxygens (including phenoxy) is 1. The predicted molar refractivity (Wildman–Crippen MR) is 101 cm³/mol. The number of rotatable bonds is 5. The molecule has 0 aliphatic heterocycles. The van der Waals surface area contributed by atoms with Crippen LogP contribution in [0.5, 0.6) is 0 Å². The number of sulfone groups is 1. The van der Waals surface area contributed by atoms with Gasteiger partial charge in [0, 0.05) is 19.7 Å². The van der Waals surface area contributed by atoms with E-state index in [0.29, 0.717) is 11.4 Å². The molecule has 30 heavy (non-hydrogen) atoms. The molecule has 2 aromatic rings. The highest BCUT2D eigenvalue weighted by Crippen LogP contribution is 2.46. The number of hydrogen-bond donors (Lipinski definition) is 1. The molecular weight excluding hydrogens is 425 g/mol. The van der Waals surface area contributed by atoms with E-state index in [4.69, 9.17) is 4.74 Å². The number of carboxylic acid groups (broad SMARTS) is 1. The van der Waals surface area contributed by atoms with Crippen molar-refractivity contribution in [3.05, 3.63) is 35.5 Å². The summed E-state index contributed by atoms with van der Waals surface area (Å²) < 4.78 is 72.5. The molecule has 7 nitrogen and oxygen atoms in total. The monoisotopic (exact) mass is 446 g/mol. The van der Waals surface area contributed by atoms with Crippen LogP contribution in [-0.4, -0.2) is 47.2 Å². The van der Waals surface area contributed by atoms with Gasteiger partial charge in [0.15, 0.2) is 14.6 Å². The van der Waals surface area contributed by atoms with Crippen molar-refractivity contribution in [1.29, 1.82) is 0 Å². The molecule has 164 valence electrons. The van der Waals surface area contributed by atoms with E-state index in [9.17, 15) is 31.5 Å². The van der Waals surface area contributed by atoms with E-state index in [-0.39, 0.29) is 24.8 Å². The van der Waals surface area contributed by atoms with Gasteiger partial charge in [0.25, 0.3) is 0 Å². The van der Waals surface area contributed by atoms with Crippen LogP contribution in [0.1, 0.15) is 30.5 Å². The van der Waals surface area contributed by atoms with Gasteiger partial charge in [-0.2, -0.15) is 18.3 Å². The molecule has 0 amide bonds. The van der Waals surface area contributed by atoms with Crippen molar-refractivity contribution in [2.75, 3.05) is 7.11 Å². The van der Waals surface area contributed by atoms with E-state index in [1.165, 1.54) is 10.7 Å². The molecule has 1 fully saturated rings. The van der Waals surface area contributed by atoms with Crippen molar-refractivity contribution in [1.82, 2.24) is 9.78 Å². The number of aromatic nitrogens is 2. The van der Waals surface area contributed by atoms with E-state index in [0.717, 1.165) is 19.2 Å². The topological polar surface area (TPSA) is 98.5 Å². The van der Waals surface area contributed by atoms with Crippen molar-refractivity contribution in [3.8, 4) is 11.3 Å². The molecule has 1 aromatic carbocycles. The third-order valence-electron chi connectivity index (χ3n) is 5.53. The summed E-state index contributed by atoms with van der Waals surface area (Å²) in [7, 11) is -2.23. The van der Waals surface area contributed by atoms with Crippen molar-refractivity contribution < 1.29 is 36.2 Å². The third-order valence-corrected chi connectivity index (χ3v) is 8.07. The summed E-state index contributed by atoms with van der Waals surface area (Å²) in [5, 5.41) is 13.9. The van der Waals surface area contributed by atoms with Gasteiger partial charge in [0.2, 0.25) is 0 Å². The standard InChI is InChI=1S/C19H21F3N2O5S/c1-11-9-14(24(2)23-11)12-6-7-15(13(10-12)19(20,21)22)30(27,28)18(17(25)26)8-4-5-16(18)29-3/h6-7,9-10,16H,4-5,8H2,1-3H3,(H,25,26). The fourth-order valence-electron chi connectivity index (χ4n) is 4.14. The summed E-state index contributed by atoms with van der Waals surface area (Å²) in [6.07, 6.45) is -6.27. The lowest BCUT2D eigenvalue weighted by atomic mass is 10.1. The average molecular weight is 446 g/mol. The van der Waals surface area contributed by atoms with E-state index in [1.807, 2.05) is 0 Å². The first-order chi connectivity index (χ1) is 13.9. The Morgan fingerprint density at radius 3 is 2.50 bits per heavy atom. The van der Waals surface area contributed by atoms with Crippen molar-refractivity contribution in [3.63, 3.8) is 0 Å². The second kappa shape index (κ2) is 7.38. The number of nitrogens with zero attached hydrogens (tertiary/aromatic N) is 2. The molecule has 0 bridgehead atoms. The molecule has 1 aliphatic carbocycles. The smallest absolute Gasteiger partial charge is 0.417 e. The molecule has 2 atom stereocenters. The van der Waals surface area contributed by atoms with Gasteiger partial charge in [-0.05, 0) is 44.4 Å². The van der Waals surface area contributed by atoms with Crippen molar-refractivity contribution in [2.45, 2.75) is 48.1 Å². The zero-order chi connectivity index (χ0) is 22.5. The van der Waals surface area contributed by atoms with E-state index in [1.54, 1.807) is 20.0 Å². The van der Waals surface area contributed by atoms with E-state index in [2.05, 4.69) is 5.10 Å². The number of carbonyl (C=O) groups is 1. The van der Waals surface area contributed by atoms with Crippen LogP contribution in [0.4, 0.5) is 13.2 Å². The quantitative estimate of drug-likeness (QED) is 0.757. The number of benzene rings is 1. The van der Waals surface area contributed by atoms with Crippen LogP contribution in [0.3, 0.4) is 0 Å². The summed E-state index contributed by atoms with van der Waals surface area (Å²) in [6.45, 7) is 1.68. The van der Waals surface area contributed by atoms with Gasteiger partial charge in [-0.1, -0.05) is 6.07 Å². The fourth-order valence-corrected chi connectivity index (χ4v) is 6.45. The summed E-state index contributed by atoms with van der Waals surface area (Å²) in [5.74, 6) is -1.72. The normalized spacial score (nSPS) is 22.4. The predicted octanol–water partition coefficient (Wildman–Crippen LogP) is 3.21.